The van der Waals surface area contributed by atoms with Gasteiger partial charge in [-0.15, -0.1) is 0 Å². The lowest BCUT2D eigenvalue weighted by Crippen LogP contribution is -2.25. The molecule has 20 heavy (non-hydrogen) atoms. The van der Waals surface area contributed by atoms with Crippen molar-refractivity contribution in [3.8, 4) is 0 Å². The first-order valence-corrected chi connectivity index (χ1v) is 7.64. The van der Waals surface area contributed by atoms with E-state index in [-0.39, 0.29) is 11.4 Å². The van der Waals surface area contributed by atoms with Gasteiger partial charge >= 0.3 is 0 Å². The average Bonchev–Trinajstić information content (AvgIpc) is 2.37. The molecule has 0 unspecified atom stereocenters. The largest absolute Gasteiger partial charge is 0.289 e. The van der Waals surface area contributed by atoms with Gasteiger partial charge in [0, 0.05) is 12.6 Å². The van der Waals surface area contributed by atoms with Crippen LogP contribution >= 0.6 is 0 Å². The smallest absolute Gasteiger partial charge is 0.258 e. The summed E-state index contributed by atoms with van der Waals surface area (Å²) < 4.78 is 26.7. The molecule has 0 radical (unpaired) electrons. The second-order valence-electron chi connectivity index (χ2n) is 4.42. The van der Waals surface area contributed by atoms with E-state index in [1.165, 1.54) is 12.1 Å². The summed E-state index contributed by atoms with van der Waals surface area (Å²) in [5.41, 5.74) is 0.987. The van der Waals surface area contributed by atoms with Crippen LogP contribution in [0.15, 0.2) is 29.2 Å². The van der Waals surface area contributed by atoms with Gasteiger partial charge in [0.1, 0.15) is 0 Å². The zero-order valence-corrected chi connectivity index (χ0v) is 12.5. The Bertz CT molecular complexity index is 636. The Balaban J connectivity index is 3.16. The van der Waals surface area contributed by atoms with E-state index in [1.54, 1.807) is 13.8 Å². The van der Waals surface area contributed by atoms with Gasteiger partial charge in [-0.25, -0.2) is 13.1 Å². The van der Waals surface area contributed by atoms with Crippen molar-refractivity contribution in [3.63, 3.8) is 0 Å². The van der Waals surface area contributed by atoms with Crippen molar-refractivity contribution in [2.75, 3.05) is 6.54 Å². The van der Waals surface area contributed by atoms with E-state index in [0.29, 0.717) is 17.5 Å². The maximum absolute atomic E-state index is 12.1. The van der Waals surface area contributed by atoms with Crippen LogP contribution in [0.4, 0.5) is 5.69 Å². The van der Waals surface area contributed by atoms with Crippen LogP contribution in [-0.2, 0) is 10.0 Å². The van der Waals surface area contributed by atoms with Gasteiger partial charge in [0.2, 0.25) is 10.0 Å². The van der Waals surface area contributed by atoms with E-state index in [0.717, 1.165) is 0 Å². The molecule has 6 nitrogen and oxygen atoms in total. The topological polar surface area (TPSA) is 89.3 Å². The fourth-order valence-electron chi connectivity index (χ4n) is 1.65. The molecule has 0 atom stereocenters. The van der Waals surface area contributed by atoms with Crippen LogP contribution in [0.25, 0.3) is 0 Å². The molecule has 110 valence electrons. The third kappa shape index (κ3) is 3.88. The van der Waals surface area contributed by atoms with Crippen LogP contribution in [-0.4, -0.2) is 19.9 Å². The predicted octanol–water partition coefficient (Wildman–Crippen LogP) is 2.46. The number of nitro benzene ring substituents is 1. The molecule has 0 spiro atoms. The highest BCUT2D eigenvalue weighted by Gasteiger charge is 2.26. The number of allylic oxidation sites excluding steroid dienone is 1. The highest BCUT2D eigenvalue weighted by Crippen LogP contribution is 2.27. The van der Waals surface area contributed by atoms with E-state index in [9.17, 15) is 18.5 Å². The number of hydrogen-bond acceptors (Lipinski definition) is 4. The van der Waals surface area contributed by atoms with Crippen molar-refractivity contribution in [1.82, 2.24) is 4.72 Å². The van der Waals surface area contributed by atoms with E-state index < -0.39 is 20.6 Å². The molecule has 0 bridgehead atoms. The number of rotatable bonds is 6. The molecule has 7 heteroatoms. The van der Waals surface area contributed by atoms with E-state index in [4.69, 9.17) is 0 Å². The van der Waals surface area contributed by atoms with E-state index >= 15 is 0 Å². The number of benzene rings is 1. The van der Waals surface area contributed by atoms with Crippen molar-refractivity contribution in [2.24, 2.45) is 0 Å². The van der Waals surface area contributed by atoms with E-state index in [1.807, 2.05) is 19.1 Å². The number of nitrogens with zero attached hydrogens (tertiary/aromatic N) is 1. The Morgan fingerprint density at radius 2 is 1.90 bits per heavy atom. The summed E-state index contributed by atoms with van der Waals surface area (Å²) in [5, 5.41) is 11.0. The zero-order chi connectivity index (χ0) is 15.3. The maximum Gasteiger partial charge on any atom is 0.289 e. The van der Waals surface area contributed by atoms with E-state index in [2.05, 4.69) is 4.72 Å². The van der Waals surface area contributed by atoms with Crippen LogP contribution in [0.5, 0.6) is 0 Å². The molecule has 0 heterocycles. The van der Waals surface area contributed by atoms with Gasteiger partial charge in [0.05, 0.1) is 4.92 Å². The molecular formula is C13H18N2O4S. The lowest BCUT2D eigenvalue weighted by molar-refractivity contribution is -0.387. The number of sulfonamides is 1. The van der Waals surface area contributed by atoms with Crippen molar-refractivity contribution in [3.05, 3.63) is 45.5 Å². The lowest BCUT2D eigenvalue weighted by atomic mass is 10.1. The Labute approximate surface area is 118 Å². The molecule has 0 aliphatic heterocycles. The highest BCUT2D eigenvalue weighted by atomic mass is 32.2. The van der Waals surface area contributed by atoms with Gasteiger partial charge in [-0.1, -0.05) is 12.2 Å². The Morgan fingerprint density at radius 3 is 2.45 bits per heavy atom. The fourth-order valence-corrected chi connectivity index (χ4v) is 2.94. The monoisotopic (exact) mass is 298 g/mol. The lowest BCUT2D eigenvalue weighted by Gasteiger charge is -2.09. The molecule has 0 aromatic heterocycles. The fraction of sp³-hybridized carbons (Fsp3) is 0.385. The second-order valence-corrected chi connectivity index (χ2v) is 6.15. The summed E-state index contributed by atoms with van der Waals surface area (Å²) in [6.07, 6.45) is 4.17. The van der Waals surface area contributed by atoms with Gasteiger partial charge < -0.3 is 0 Å². The molecule has 0 fully saturated rings. The first-order valence-electron chi connectivity index (χ1n) is 6.16. The highest BCUT2D eigenvalue weighted by molar-refractivity contribution is 7.89. The number of nitrogens with one attached hydrogen (secondary N) is 1. The van der Waals surface area contributed by atoms with Crippen LogP contribution in [0.1, 0.15) is 24.5 Å². The molecule has 1 rings (SSSR count). The van der Waals surface area contributed by atoms with Crippen LogP contribution in [0.3, 0.4) is 0 Å². The normalized spacial score (nSPS) is 11.9. The van der Waals surface area contributed by atoms with Gasteiger partial charge in [-0.05, 0) is 44.4 Å². The van der Waals surface area contributed by atoms with Crippen molar-refractivity contribution >= 4 is 15.7 Å². The molecule has 0 saturated carbocycles. The third-order valence-corrected chi connectivity index (χ3v) is 4.39. The average molecular weight is 298 g/mol. The number of hydrogen-bond donors (Lipinski definition) is 1. The number of nitro groups is 1. The van der Waals surface area contributed by atoms with Gasteiger partial charge in [-0.3, -0.25) is 10.1 Å². The zero-order valence-electron chi connectivity index (χ0n) is 11.7. The molecule has 0 amide bonds. The summed E-state index contributed by atoms with van der Waals surface area (Å²) in [7, 11) is -3.88. The van der Waals surface area contributed by atoms with Gasteiger partial charge in [0.25, 0.3) is 5.69 Å². The summed E-state index contributed by atoms with van der Waals surface area (Å²) in [5.74, 6) is 0. The summed E-state index contributed by atoms with van der Waals surface area (Å²) in [4.78, 5) is 10.1. The quantitative estimate of drug-likeness (QED) is 0.378. The summed E-state index contributed by atoms with van der Waals surface area (Å²) in [6.45, 7) is 5.47. The maximum atomic E-state index is 12.1. The minimum atomic E-state index is -3.88. The molecule has 1 aromatic carbocycles. The van der Waals surface area contributed by atoms with Crippen molar-refractivity contribution in [1.29, 1.82) is 0 Å². The SMILES string of the molecule is C/C=C/CCNS(=O)(=O)c1cc(C)c(C)cc1[N+](=O)[O-]. The van der Waals surface area contributed by atoms with Crippen LogP contribution in [0, 0.1) is 24.0 Å². The van der Waals surface area contributed by atoms with Crippen LogP contribution < -0.4 is 4.72 Å². The number of aryl methyl sites for hydroxylation is 2. The van der Waals surface area contributed by atoms with Crippen molar-refractivity contribution in [2.45, 2.75) is 32.1 Å². The third-order valence-electron chi connectivity index (χ3n) is 2.90. The van der Waals surface area contributed by atoms with Crippen LogP contribution in [0.2, 0.25) is 0 Å². The predicted molar refractivity (Wildman–Crippen MR) is 77.2 cm³/mol. The summed E-state index contributed by atoms with van der Waals surface area (Å²) >= 11 is 0. The first-order chi connectivity index (χ1) is 9.29. The summed E-state index contributed by atoms with van der Waals surface area (Å²) in [6, 6.07) is 2.63. The Morgan fingerprint density at radius 1 is 1.30 bits per heavy atom. The minimum Gasteiger partial charge on any atom is -0.258 e. The van der Waals surface area contributed by atoms with Gasteiger partial charge in [-0.2, -0.15) is 0 Å². The molecule has 0 aliphatic rings. The first kappa shape index (κ1) is 16.3. The second kappa shape index (κ2) is 6.62. The molecular weight excluding hydrogens is 280 g/mol. The molecule has 1 aromatic rings. The van der Waals surface area contributed by atoms with Crippen molar-refractivity contribution < 1.29 is 13.3 Å². The standard InChI is InChI=1S/C13H18N2O4S/c1-4-5-6-7-14-20(18,19)13-9-11(3)10(2)8-12(13)15(16)17/h4-5,8-9,14H,6-7H2,1-3H3/b5-4+. The molecule has 1 N–H and O–H groups in total. The molecule has 0 aliphatic carbocycles. The minimum absolute atomic E-state index is 0.205. The van der Waals surface area contributed by atoms with Gasteiger partial charge in [0.15, 0.2) is 4.90 Å². The Kier molecular flexibility index (Phi) is 5.41. The molecule has 0 saturated heterocycles. The Hall–Kier alpha value is -1.73.